The first-order valence-corrected chi connectivity index (χ1v) is 6.72. The van der Waals surface area contributed by atoms with Crippen LogP contribution in [0.3, 0.4) is 0 Å². The lowest BCUT2D eigenvalue weighted by molar-refractivity contribution is 0.0337. The van der Waals surface area contributed by atoms with Gasteiger partial charge in [-0.1, -0.05) is 44.8 Å². The quantitative estimate of drug-likeness (QED) is 0.829. The van der Waals surface area contributed by atoms with Crippen molar-refractivity contribution in [2.45, 2.75) is 25.6 Å². The predicted molar refractivity (Wildman–Crippen MR) is 68.3 cm³/mol. The van der Waals surface area contributed by atoms with Crippen LogP contribution in [0.4, 0.5) is 0 Å². The van der Waals surface area contributed by atoms with Gasteiger partial charge < -0.3 is 10.2 Å². The molecule has 4 heteroatoms. The van der Waals surface area contributed by atoms with Crippen molar-refractivity contribution >= 4 is 31.9 Å². The molecule has 1 rings (SSSR count). The van der Waals surface area contributed by atoms with Gasteiger partial charge in [-0.05, 0) is 29.7 Å². The minimum absolute atomic E-state index is 0.368. The molecule has 0 aliphatic carbocycles. The van der Waals surface area contributed by atoms with Crippen molar-refractivity contribution in [1.82, 2.24) is 0 Å². The smallest absolute Gasteiger partial charge is 0.106 e. The van der Waals surface area contributed by atoms with Gasteiger partial charge in [0, 0.05) is 9.80 Å². The molecule has 0 amide bonds. The molecular formula is C11H14Br2O2. The molecule has 0 bridgehead atoms. The topological polar surface area (TPSA) is 40.5 Å². The van der Waals surface area contributed by atoms with E-state index in [0.29, 0.717) is 5.33 Å². The van der Waals surface area contributed by atoms with Crippen LogP contribution >= 0.6 is 31.9 Å². The first-order valence-electron chi connectivity index (χ1n) is 4.80. The molecule has 2 atom stereocenters. The summed E-state index contributed by atoms with van der Waals surface area (Å²) >= 11 is 6.54. The van der Waals surface area contributed by atoms with Gasteiger partial charge in [0.15, 0.2) is 0 Å². The molecule has 2 unspecified atom stereocenters. The number of hydrogen-bond acceptors (Lipinski definition) is 2. The van der Waals surface area contributed by atoms with Crippen molar-refractivity contribution in [1.29, 1.82) is 0 Å². The van der Waals surface area contributed by atoms with E-state index in [1.165, 1.54) is 0 Å². The average Bonchev–Trinajstić information content (AvgIpc) is 2.26. The second kappa shape index (κ2) is 5.99. The molecule has 0 aromatic heterocycles. The van der Waals surface area contributed by atoms with Crippen LogP contribution in [-0.4, -0.2) is 21.6 Å². The fourth-order valence-corrected chi connectivity index (χ4v) is 2.22. The van der Waals surface area contributed by atoms with Crippen LogP contribution in [0.25, 0.3) is 0 Å². The van der Waals surface area contributed by atoms with Crippen LogP contribution in [0.15, 0.2) is 22.7 Å². The van der Waals surface area contributed by atoms with Crippen LogP contribution in [0, 0.1) is 0 Å². The summed E-state index contributed by atoms with van der Waals surface area (Å²) in [5.41, 5.74) is 1.85. The Morgan fingerprint density at radius 2 is 2.00 bits per heavy atom. The fourth-order valence-electron chi connectivity index (χ4n) is 1.46. The highest BCUT2D eigenvalue weighted by Crippen LogP contribution is 2.25. The van der Waals surface area contributed by atoms with E-state index in [4.69, 9.17) is 0 Å². The van der Waals surface area contributed by atoms with Crippen molar-refractivity contribution in [2.75, 3.05) is 5.33 Å². The molecule has 0 saturated carbocycles. The summed E-state index contributed by atoms with van der Waals surface area (Å²) in [5.74, 6) is 0. The van der Waals surface area contributed by atoms with Gasteiger partial charge in [0.2, 0.25) is 0 Å². The Bertz CT molecular complexity index is 328. The summed E-state index contributed by atoms with van der Waals surface area (Å²) in [5, 5.41) is 19.8. The molecule has 0 fully saturated rings. The van der Waals surface area contributed by atoms with Crippen LogP contribution in [0.2, 0.25) is 0 Å². The Morgan fingerprint density at radius 3 is 2.53 bits per heavy atom. The maximum atomic E-state index is 9.90. The van der Waals surface area contributed by atoms with Gasteiger partial charge in [0.05, 0.1) is 6.10 Å². The van der Waals surface area contributed by atoms with Crippen molar-refractivity contribution in [3.8, 4) is 0 Å². The first kappa shape index (κ1) is 13.2. The normalized spacial score (nSPS) is 15.0. The monoisotopic (exact) mass is 336 g/mol. The summed E-state index contributed by atoms with van der Waals surface area (Å²) in [4.78, 5) is 0. The Balaban J connectivity index is 3.02. The van der Waals surface area contributed by atoms with E-state index in [0.717, 1.165) is 22.0 Å². The Hall–Kier alpha value is 0.100. The van der Waals surface area contributed by atoms with E-state index in [2.05, 4.69) is 31.9 Å². The zero-order chi connectivity index (χ0) is 11.4. The van der Waals surface area contributed by atoms with Crippen molar-refractivity contribution in [3.05, 3.63) is 33.8 Å². The standard InChI is InChI=1S/C11H14Br2O2/c1-2-7-5-8(13)3-4-9(7)11(15)10(14)6-12/h3-5,10-11,14-15H,2,6H2,1H3. The Kier molecular flexibility index (Phi) is 5.26. The molecule has 2 nitrogen and oxygen atoms in total. The summed E-state index contributed by atoms with van der Waals surface area (Å²) in [6.45, 7) is 2.03. The third kappa shape index (κ3) is 3.28. The van der Waals surface area contributed by atoms with E-state index in [1.807, 2.05) is 25.1 Å². The molecule has 0 aliphatic heterocycles. The van der Waals surface area contributed by atoms with Crippen LogP contribution in [0.5, 0.6) is 0 Å². The number of aryl methyl sites for hydroxylation is 1. The number of rotatable bonds is 4. The highest BCUT2D eigenvalue weighted by Gasteiger charge is 2.19. The maximum absolute atomic E-state index is 9.90. The lowest BCUT2D eigenvalue weighted by atomic mass is 9.98. The number of aliphatic hydroxyl groups excluding tert-OH is 2. The van der Waals surface area contributed by atoms with Gasteiger partial charge in [-0.25, -0.2) is 0 Å². The van der Waals surface area contributed by atoms with Crippen molar-refractivity contribution < 1.29 is 10.2 Å². The van der Waals surface area contributed by atoms with Crippen LogP contribution in [0.1, 0.15) is 24.2 Å². The number of alkyl halides is 1. The third-order valence-electron chi connectivity index (χ3n) is 2.33. The van der Waals surface area contributed by atoms with Gasteiger partial charge >= 0.3 is 0 Å². The molecule has 84 valence electrons. The Morgan fingerprint density at radius 1 is 1.33 bits per heavy atom. The van der Waals surface area contributed by atoms with E-state index in [9.17, 15) is 10.2 Å². The SMILES string of the molecule is CCc1cc(Br)ccc1C(O)C(O)CBr. The molecule has 0 radical (unpaired) electrons. The van der Waals surface area contributed by atoms with Gasteiger partial charge in [-0.15, -0.1) is 0 Å². The first-order chi connectivity index (χ1) is 7.10. The number of benzene rings is 1. The van der Waals surface area contributed by atoms with Crippen LogP contribution in [-0.2, 0) is 6.42 Å². The lowest BCUT2D eigenvalue weighted by Crippen LogP contribution is -2.20. The van der Waals surface area contributed by atoms with E-state index in [-0.39, 0.29) is 0 Å². The molecule has 0 spiro atoms. The molecular weight excluding hydrogens is 324 g/mol. The molecule has 0 saturated heterocycles. The van der Waals surface area contributed by atoms with Crippen LogP contribution < -0.4 is 0 Å². The molecule has 2 N–H and O–H groups in total. The molecule has 0 aliphatic rings. The fraction of sp³-hybridized carbons (Fsp3) is 0.455. The summed E-state index contributed by atoms with van der Waals surface area (Å²) < 4.78 is 0.989. The van der Waals surface area contributed by atoms with Gasteiger partial charge in [0.25, 0.3) is 0 Å². The minimum atomic E-state index is -0.826. The second-order valence-corrected chi connectivity index (χ2v) is 4.93. The largest absolute Gasteiger partial charge is 0.389 e. The summed E-state index contributed by atoms with van der Waals surface area (Å²) in [6, 6.07) is 5.69. The average molecular weight is 338 g/mol. The highest BCUT2D eigenvalue weighted by atomic mass is 79.9. The summed E-state index contributed by atoms with van der Waals surface area (Å²) in [7, 11) is 0. The third-order valence-corrected chi connectivity index (χ3v) is 3.48. The molecule has 15 heavy (non-hydrogen) atoms. The molecule has 1 aromatic rings. The molecule has 0 heterocycles. The van der Waals surface area contributed by atoms with Gasteiger partial charge in [0.1, 0.15) is 6.10 Å². The van der Waals surface area contributed by atoms with E-state index >= 15 is 0 Å². The zero-order valence-corrected chi connectivity index (χ0v) is 11.6. The lowest BCUT2D eigenvalue weighted by Gasteiger charge is -2.19. The van der Waals surface area contributed by atoms with Gasteiger partial charge in [-0.3, -0.25) is 0 Å². The number of hydrogen-bond donors (Lipinski definition) is 2. The predicted octanol–water partition coefficient (Wildman–Crippen LogP) is 2.80. The van der Waals surface area contributed by atoms with E-state index < -0.39 is 12.2 Å². The second-order valence-electron chi connectivity index (χ2n) is 3.36. The van der Waals surface area contributed by atoms with E-state index in [1.54, 1.807) is 0 Å². The maximum Gasteiger partial charge on any atom is 0.106 e. The highest BCUT2D eigenvalue weighted by molar-refractivity contribution is 9.10. The zero-order valence-electron chi connectivity index (χ0n) is 8.45. The number of halogens is 2. The number of aliphatic hydroxyl groups is 2. The van der Waals surface area contributed by atoms with Gasteiger partial charge in [-0.2, -0.15) is 0 Å². The van der Waals surface area contributed by atoms with Crippen molar-refractivity contribution in [2.24, 2.45) is 0 Å². The van der Waals surface area contributed by atoms with Crippen molar-refractivity contribution in [3.63, 3.8) is 0 Å². The summed E-state index contributed by atoms with van der Waals surface area (Å²) in [6.07, 6.45) is -0.759. The molecule has 1 aromatic carbocycles. The Labute approximate surface area is 107 Å². The minimum Gasteiger partial charge on any atom is -0.389 e.